The summed E-state index contributed by atoms with van der Waals surface area (Å²) in [7, 11) is 0. The molecule has 1 rings (SSSR count). The van der Waals surface area contributed by atoms with Gasteiger partial charge in [-0.15, -0.1) is 0 Å². The van der Waals surface area contributed by atoms with Gasteiger partial charge in [-0.05, 0) is 0 Å². The summed E-state index contributed by atoms with van der Waals surface area (Å²) in [5.74, 6) is 0. The average Bonchev–Trinajstić information content (AvgIpc) is 2.17. The van der Waals surface area contributed by atoms with Gasteiger partial charge in [0.15, 0.2) is 0 Å². The molecule has 0 aromatic carbocycles. The smallest absolute Gasteiger partial charge is 0.258 e. The van der Waals surface area contributed by atoms with E-state index in [1.165, 1.54) is 0 Å². The van der Waals surface area contributed by atoms with Crippen LogP contribution in [-0.2, 0) is 6.42 Å². The van der Waals surface area contributed by atoms with E-state index < -0.39 is 22.7 Å². The number of nitriles is 1. The molecule has 0 amide bonds. The fourth-order valence-electron chi connectivity index (χ4n) is 0.983. The normalized spacial score (nSPS) is 10.0. The van der Waals surface area contributed by atoms with Crippen molar-refractivity contribution in [3.05, 3.63) is 33.6 Å². The zero-order chi connectivity index (χ0) is 11.4. The van der Waals surface area contributed by atoms with Gasteiger partial charge in [0.2, 0.25) is 0 Å². The Hall–Kier alpha value is -2.10. The van der Waals surface area contributed by atoms with E-state index >= 15 is 0 Å². The van der Waals surface area contributed by atoms with Crippen LogP contribution in [-0.4, -0.2) is 9.91 Å². The molecule has 1 heterocycles. The minimum Gasteiger partial charge on any atom is -0.258 e. The van der Waals surface area contributed by atoms with Crippen molar-refractivity contribution in [1.29, 1.82) is 5.26 Å². The van der Waals surface area contributed by atoms with Gasteiger partial charge < -0.3 is 0 Å². The lowest BCUT2D eigenvalue weighted by Gasteiger charge is -2.01. The summed E-state index contributed by atoms with van der Waals surface area (Å²) in [6, 6.07) is 3.40. The Bertz CT molecular complexity index is 428. The van der Waals surface area contributed by atoms with Gasteiger partial charge in [-0.3, -0.25) is 15.1 Å². The second-order valence-corrected chi connectivity index (χ2v) is 2.63. The monoisotopic (exact) mass is 213 g/mol. The van der Waals surface area contributed by atoms with E-state index in [2.05, 4.69) is 4.98 Å². The van der Waals surface area contributed by atoms with Gasteiger partial charge in [-0.2, -0.15) is 5.26 Å². The van der Waals surface area contributed by atoms with Gasteiger partial charge in [0.05, 0.1) is 23.1 Å². The van der Waals surface area contributed by atoms with Crippen LogP contribution in [0, 0.1) is 21.4 Å². The average molecular weight is 213 g/mol. The van der Waals surface area contributed by atoms with Crippen LogP contribution < -0.4 is 0 Å². The summed E-state index contributed by atoms with van der Waals surface area (Å²) in [5.41, 5.74) is -1.19. The summed E-state index contributed by atoms with van der Waals surface area (Å²) in [6.07, 6.45) is -3.12. The second kappa shape index (κ2) is 4.41. The molecule has 0 fully saturated rings. The van der Waals surface area contributed by atoms with Gasteiger partial charge in [0.25, 0.3) is 12.1 Å². The fourth-order valence-corrected chi connectivity index (χ4v) is 0.983. The molecule has 1 aromatic heterocycles. The van der Waals surface area contributed by atoms with Gasteiger partial charge >= 0.3 is 0 Å². The van der Waals surface area contributed by atoms with E-state index in [-0.39, 0.29) is 12.1 Å². The van der Waals surface area contributed by atoms with Crippen molar-refractivity contribution in [1.82, 2.24) is 4.98 Å². The predicted molar refractivity (Wildman–Crippen MR) is 45.2 cm³/mol. The van der Waals surface area contributed by atoms with E-state index in [1.54, 1.807) is 6.07 Å². The molecule has 0 radical (unpaired) electrons. The quantitative estimate of drug-likeness (QED) is 0.568. The van der Waals surface area contributed by atoms with E-state index in [4.69, 9.17) is 5.26 Å². The lowest BCUT2D eigenvalue weighted by molar-refractivity contribution is -0.385. The number of nitrogens with zero attached hydrogens (tertiary/aromatic N) is 3. The number of nitro groups is 1. The molecule has 0 aliphatic carbocycles. The molecule has 78 valence electrons. The van der Waals surface area contributed by atoms with Gasteiger partial charge in [-0.1, -0.05) is 0 Å². The molecule has 15 heavy (non-hydrogen) atoms. The Morgan fingerprint density at radius 3 is 2.73 bits per heavy atom. The van der Waals surface area contributed by atoms with Crippen LogP contribution in [0.2, 0.25) is 0 Å². The zero-order valence-electron chi connectivity index (χ0n) is 7.35. The third-order valence-corrected chi connectivity index (χ3v) is 1.58. The first-order valence-electron chi connectivity index (χ1n) is 3.85. The Kier molecular flexibility index (Phi) is 3.23. The molecule has 0 spiro atoms. The van der Waals surface area contributed by atoms with E-state index in [1.807, 2.05) is 0 Å². The molecule has 0 atom stereocenters. The number of hydrogen-bond acceptors (Lipinski definition) is 4. The second-order valence-electron chi connectivity index (χ2n) is 2.63. The third-order valence-electron chi connectivity index (χ3n) is 1.58. The van der Waals surface area contributed by atoms with Crippen LogP contribution in [0.15, 0.2) is 12.1 Å². The van der Waals surface area contributed by atoms with Crippen molar-refractivity contribution < 1.29 is 13.7 Å². The van der Waals surface area contributed by atoms with Crippen molar-refractivity contribution in [2.45, 2.75) is 12.8 Å². The first-order valence-corrected chi connectivity index (χ1v) is 3.85. The first-order chi connectivity index (χ1) is 7.04. The van der Waals surface area contributed by atoms with Crippen molar-refractivity contribution in [3.63, 3.8) is 0 Å². The van der Waals surface area contributed by atoms with E-state index in [0.29, 0.717) is 6.07 Å². The number of aromatic nitrogens is 1. The summed E-state index contributed by atoms with van der Waals surface area (Å²) in [5, 5.41) is 18.7. The largest absolute Gasteiger partial charge is 0.280 e. The minimum atomic E-state index is -2.89. The van der Waals surface area contributed by atoms with Gasteiger partial charge in [-0.25, -0.2) is 8.78 Å². The number of alkyl halides is 2. The third kappa shape index (κ3) is 2.67. The zero-order valence-corrected chi connectivity index (χ0v) is 7.35. The summed E-state index contributed by atoms with van der Waals surface area (Å²) >= 11 is 0. The number of pyridine rings is 1. The minimum absolute atomic E-state index is 0.0259. The Labute approximate surface area is 83.1 Å². The maximum Gasteiger partial charge on any atom is 0.280 e. The molecule has 0 saturated heterocycles. The van der Waals surface area contributed by atoms with Crippen LogP contribution in [0.3, 0.4) is 0 Å². The molecule has 5 nitrogen and oxygen atoms in total. The molecule has 0 aliphatic rings. The lowest BCUT2D eigenvalue weighted by Crippen LogP contribution is -1.99. The number of hydrogen-bond donors (Lipinski definition) is 0. The van der Waals surface area contributed by atoms with E-state index in [9.17, 15) is 18.9 Å². The molecule has 0 unspecified atom stereocenters. The lowest BCUT2D eigenvalue weighted by atomic mass is 10.2. The Morgan fingerprint density at radius 1 is 1.60 bits per heavy atom. The molecule has 0 saturated carbocycles. The molecular formula is C8H5F2N3O2. The highest BCUT2D eigenvalue weighted by Crippen LogP contribution is 2.22. The highest BCUT2D eigenvalue weighted by atomic mass is 19.3. The standard InChI is InChI=1S/C8H5F2N3O2/c9-8(10)7-4-6(13(14)15)3-5(12-7)1-2-11/h3-4,8H,1H2. The molecule has 0 N–H and O–H groups in total. The first kappa shape index (κ1) is 11.0. The van der Waals surface area contributed by atoms with Crippen molar-refractivity contribution in [2.75, 3.05) is 0 Å². The van der Waals surface area contributed by atoms with Gasteiger partial charge in [0.1, 0.15) is 5.69 Å². The molecule has 0 bridgehead atoms. The fraction of sp³-hybridized carbons (Fsp3) is 0.250. The van der Waals surface area contributed by atoms with E-state index in [0.717, 1.165) is 6.07 Å². The maximum absolute atomic E-state index is 12.3. The number of halogens is 2. The summed E-state index contributed by atoms with van der Waals surface area (Å²) < 4.78 is 24.5. The topological polar surface area (TPSA) is 79.8 Å². The predicted octanol–water partition coefficient (Wildman–Crippen LogP) is 1.99. The summed E-state index contributed by atoms with van der Waals surface area (Å²) in [6.45, 7) is 0. The van der Waals surface area contributed by atoms with Crippen molar-refractivity contribution >= 4 is 5.69 Å². The molecule has 1 aromatic rings. The SMILES string of the molecule is N#CCc1cc([N+](=O)[O-])cc(C(F)F)n1. The Morgan fingerprint density at radius 2 is 2.27 bits per heavy atom. The Balaban J connectivity index is 3.21. The highest BCUT2D eigenvalue weighted by Gasteiger charge is 2.16. The molecule has 7 heteroatoms. The molecule has 0 aliphatic heterocycles. The van der Waals surface area contributed by atoms with Crippen LogP contribution >= 0.6 is 0 Å². The number of rotatable bonds is 3. The van der Waals surface area contributed by atoms with Crippen LogP contribution in [0.1, 0.15) is 17.8 Å². The van der Waals surface area contributed by atoms with Gasteiger partial charge in [0, 0.05) is 12.1 Å². The summed E-state index contributed by atoms with van der Waals surface area (Å²) in [4.78, 5) is 13.0. The van der Waals surface area contributed by atoms with Crippen molar-refractivity contribution in [2.24, 2.45) is 0 Å². The van der Waals surface area contributed by atoms with Crippen LogP contribution in [0.5, 0.6) is 0 Å². The molecular weight excluding hydrogens is 208 g/mol. The van der Waals surface area contributed by atoms with Crippen LogP contribution in [0.25, 0.3) is 0 Å². The highest BCUT2D eigenvalue weighted by molar-refractivity contribution is 5.34. The maximum atomic E-state index is 12.3. The van der Waals surface area contributed by atoms with Crippen LogP contribution in [0.4, 0.5) is 14.5 Å². The van der Waals surface area contributed by atoms with Crippen molar-refractivity contribution in [3.8, 4) is 6.07 Å².